The van der Waals surface area contributed by atoms with Crippen LogP contribution < -0.4 is 10.6 Å². The number of carbonyl (C=O) groups excluding carboxylic acids is 2. The van der Waals surface area contributed by atoms with Gasteiger partial charge in [0.15, 0.2) is 0 Å². The fourth-order valence-electron chi connectivity index (χ4n) is 5.51. The van der Waals surface area contributed by atoms with Crippen LogP contribution >= 0.6 is 0 Å². The van der Waals surface area contributed by atoms with Crippen molar-refractivity contribution in [1.29, 1.82) is 0 Å². The first-order valence-corrected chi connectivity index (χ1v) is 19.7. The summed E-state index contributed by atoms with van der Waals surface area (Å²) >= 11 is 0. The Morgan fingerprint density at radius 3 is 1.41 bits per heavy atom. The number of nitrogens with one attached hydrogen (secondary N) is 2. The Balaban J connectivity index is 4.14. The van der Waals surface area contributed by atoms with Gasteiger partial charge in [0, 0.05) is 25.3 Å². The lowest BCUT2D eigenvalue weighted by atomic mass is 10.1. The highest BCUT2D eigenvalue weighted by atomic mass is 16.5. The number of amides is 2. The second-order valence-electron chi connectivity index (χ2n) is 14.4. The van der Waals surface area contributed by atoms with Gasteiger partial charge in [0.25, 0.3) is 0 Å². The van der Waals surface area contributed by atoms with E-state index < -0.39 is 6.09 Å². The van der Waals surface area contributed by atoms with Crippen molar-refractivity contribution in [3.8, 4) is 0 Å². The van der Waals surface area contributed by atoms with Crippen LogP contribution in [0.1, 0.15) is 195 Å². The maximum atomic E-state index is 12.4. The third-order valence-corrected chi connectivity index (χ3v) is 8.36. The summed E-state index contributed by atoms with van der Waals surface area (Å²) < 4.78 is 17.3. The SMILES string of the molecule is CCCCCCCCCCCCCCOCC(CNC(=O)CCOC(=O)NC(C)(C)C)OCCCCCCCCCCCCCC. The van der Waals surface area contributed by atoms with Gasteiger partial charge in [-0.2, -0.15) is 0 Å². The predicted octanol–water partition coefficient (Wildman–Crippen LogP) is 10.8. The minimum atomic E-state index is -0.505. The van der Waals surface area contributed by atoms with Crippen LogP contribution in [0, 0.1) is 0 Å². The van der Waals surface area contributed by atoms with Crippen LogP contribution in [0.4, 0.5) is 4.79 Å². The van der Waals surface area contributed by atoms with E-state index in [9.17, 15) is 9.59 Å². The quantitative estimate of drug-likeness (QED) is 0.0674. The van der Waals surface area contributed by atoms with E-state index in [0.717, 1.165) is 19.4 Å². The van der Waals surface area contributed by atoms with Crippen LogP contribution in [0.25, 0.3) is 0 Å². The van der Waals surface area contributed by atoms with Crippen molar-refractivity contribution in [2.75, 3.05) is 33.0 Å². The molecule has 1 unspecified atom stereocenters. The number of unbranched alkanes of at least 4 members (excludes halogenated alkanes) is 22. The molecule has 0 aliphatic heterocycles. The zero-order valence-corrected chi connectivity index (χ0v) is 31.3. The van der Waals surface area contributed by atoms with Crippen molar-refractivity contribution in [2.45, 2.75) is 207 Å². The molecule has 46 heavy (non-hydrogen) atoms. The van der Waals surface area contributed by atoms with Crippen molar-refractivity contribution < 1.29 is 23.8 Å². The maximum absolute atomic E-state index is 12.4. The lowest BCUT2D eigenvalue weighted by Gasteiger charge is -2.20. The van der Waals surface area contributed by atoms with Crippen LogP contribution in [-0.4, -0.2) is 56.6 Å². The highest BCUT2D eigenvalue weighted by Gasteiger charge is 2.16. The lowest BCUT2D eigenvalue weighted by molar-refractivity contribution is -0.122. The molecule has 0 saturated heterocycles. The molecule has 0 aromatic carbocycles. The molecule has 0 bridgehead atoms. The average Bonchev–Trinajstić information content (AvgIpc) is 3.00. The van der Waals surface area contributed by atoms with Gasteiger partial charge in [0.2, 0.25) is 5.91 Å². The molecule has 0 heterocycles. The van der Waals surface area contributed by atoms with Crippen molar-refractivity contribution in [1.82, 2.24) is 10.6 Å². The van der Waals surface area contributed by atoms with Gasteiger partial charge >= 0.3 is 6.09 Å². The van der Waals surface area contributed by atoms with E-state index in [4.69, 9.17) is 14.2 Å². The molecule has 7 nitrogen and oxygen atoms in total. The van der Waals surface area contributed by atoms with Crippen LogP contribution in [-0.2, 0) is 19.0 Å². The van der Waals surface area contributed by atoms with Gasteiger partial charge in [-0.3, -0.25) is 4.79 Å². The second kappa shape index (κ2) is 33.6. The van der Waals surface area contributed by atoms with Gasteiger partial charge in [0.05, 0.1) is 19.1 Å². The largest absolute Gasteiger partial charge is 0.449 e. The molecule has 2 N–H and O–H groups in total. The molecule has 274 valence electrons. The Bertz CT molecular complexity index is 667. The maximum Gasteiger partial charge on any atom is 0.407 e. The molecule has 0 fully saturated rings. The summed E-state index contributed by atoms with van der Waals surface area (Å²) in [6, 6.07) is 0. The molecule has 7 heteroatoms. The van der Waals surface area contributed by atoms with Crippen molar-refractivity contribution in [3.05, 3.63) is 0 Å². The summed E-state index contributed by atoms with van der Waals surface area (Å²) in [5.41, 5.74) is -0.370. The first-order chi connectivity index (χ1) is 22.3. The Labute approximate surface area is 285 Å². The van der Waals surface area contributed by atoms with E-state index >= 15 is 0 Å². The van der Waals surface area contributed by atoms with E-state index in [2.05, 4.69) is 24.5 Å². The molecule has 0 saturated carbocycles. The molecule has 0 aliphatic rings. The molecule has 0 aliphatic carbocycles. The number of hydrogen-bond acceptors (Lipinski definition) is 5. The van der Waals surface area contributed by atoms with E-state index in [1.165, 1.54) is 141 Å². The van der Waals surface area contributed by atoms with Crippen molar-refractivity contribution in [2.24, 2.45) is 0 Å². The van der Waals surface area contributed by atoms with Crippen LogP contribution in [0.5, 0.6) is 0 Å². The zero-order chi connectivity index (χ0) is 34.0. The summed E-state index contributed by atoms with van der Waals surface area (Å²) in [6.45, 7) is 12.6. The lowest BCUT2D eigenvalue weighted by Crippen LogP contribution is -2.41. The Morgan fingerprint density at radius 2 is 0.978 bits per heavy atom. The zero-order valence-electron chi connectivity index (χ0n) is 31.3. The number of alkyl carbamates (subject to hydrolysis) is 1. The van der Waals surface area contributed by atoms with Crippen LogP contribution in [0.2, 0.25) is 0 Å². The molecule has 0 radical (unpaired) electrons. The number of ether oxygens (including phenoxy) is 3. The third kappa shape index (κ3) is 35.5. The van der Waals surface area contributed by atoms with E-state index in [1.807, 2.05) is 20.8 Å². The summed E-state index contributed by atoms with van der Waals surface area (Å²) in [7, 11) is 0. The van der Waals surface area contributed by atoms with E-state index in [-0.39, 0.29) is 30.6 Å². The number of hydrogen-bond donors (Lipinski definition) is 2. The van der Waals surface area contributed by atoms with Gasteiger partial charge in [-0.05, 0) is 33.6 Å². The topological polar surface area (TPSA) is 85.9 Å². The predicted molar refractivity (Wildman–Crippen MR) is 195 cm³/mol. The minimum absolute atomic E-state index is 0.0492. The minimum Gasteiger partial charge on any atom is -0.449 e. The molecule has 0 aromatic heterocycles. The Kier molecular flexibility index (Phi) is 32.6. The normalized spacial score (nSPS) is 12.3. The number of rotatable bonds is 34. The fraction of sp³-hybridized carbons (Fsp3) is 0.949. The highest BCUT2D eigenvalue weighted by Crippen LogP contribution is 2.13. The molecule has 0 rings (SSSR count). The first kappa shape index (κ1) is 44.7. The molecular formula is C39H78N2O5. The van der Waals surface area contributed by atoms with Gasteiger partial charge in [-0.25, -0.2) is 4.79 Å². The summed E-state index contributed by atoms with van der Waals surface area (Å²) in [5, 5.41) is 5.68. The monoisotopic (exact) mass is 655 g/mol. The Hall–Kier alpha value is -1.34. The van der Waals surface area contributed by atoms with Gasteiger partial charge in [-0.1, -0.05) is 155 Å². The van der Waals surface area contributed by atoms with Gasteiger partial charge in [-0.15, -0.1) is 0 Å². The summed E-state index contributed by atoms with van der Waals surface area (Å²) in [5.74, 6) is -0.150. The van der Waals surface area contributed by atoms with E-state index in [0.29, 0.717) is 19.8 Å². The standard InChI is InChI=1S/C39H78N2O5/c1-6-8-10-12-14-16-18-20-22-24-26-28-31-44-35-36(34-40-37(42)30-33-46-38(43)41-39(3,4)5)45-32-29-27-25-23-21-19-17-15-13-11-9-7-2/h36H,6-35H2,1-5H3,(H,40,42)(H,41,43). The van der Waals surface area contributed by atoms with E-state index in [1.54, 1.807) is 0 Å². The summed E-state index contributed by atoms with van der Waals surface area (Å²) in [6.07, 6.45) is 31.2. The smallest absolute Gasteiger partial charge is 0.407 e. The Morgan fingerprint density at radius 1 is 0.565 bits per heavy atom. The second-order valence-corrected chi connectivity index (χ2v) is 14.4. The summed E-state index contributed by atoms with van der Waals surface area (Å²) in [4.78, 5) is 24.2. The van der Waals surface area contributed by atoms with Crippen molar-refractivity contribution in [3.63, 3.8) is 0 Å². The van der Waals surface area contributed by atoms with Crippen molar-refractivity contribution >= 4 is 12.0 Å². The molecular weight excluding hydrogens is 576 g/mol. The number of carbonyl (C=O) groups is 2. The molecule has 0 aromatic rings. The van der Waals surface area contributed by atoms with Gasteiger partial charge < -0.3 is 24.8 Å². The molecule has 1 atom stereocenters. The highest BCUT2D eigenvalue weighted by molar-refractivity contribution is 5.76. The molecule has 0 spiro atoms. The molecule has 2 amide bonds. The first-order valence-electron chi connectivity index (χ1n) is 19.7. The van der Waals surface area contributed by atoms with Crippen LogP contribution in [0.15, 0.2) is 0 Å². The third-order valence-electron chi connectivity index (χ3n) is 8.36. The van der Waals surface area contributed by atoms with Gasteiger partial charge in [0.1, 0.15) is 6.61 Å². The average molecular weight is 655 g/mol. The van der Waals surface area contributed by atoms with Crippen LogP contribution in [0.3, 0.4) is 0 Å². The fourth-order valence-corrected chi connectivity index (χ4v) is 5.51.